The number of aryl methyl sites for hydroxylation is 1. The van der Waals surface area contributed by atoms with Gasteiger partial charge in [-0.1, -0.05) is 22.0 Å². The van der Waals surface area contributed by atoms with Gasteiger partial charge >= 0.3 is 6.18 Å². The number of hydrogen-bond donors (Lipinski definition) is 0. The summed E-state index contributed by atoms with van der Waals surface area (Å²) in [4.78, 5) is 1.61. The fraction of sp³-hybridized carbons (Fsp3) is 0.200. The highest BCUT2D eigenvalue weighted by Gasteiger charge is 2.30. The van der Waals surface area contributed by atoms with E-state index in [1.807, 2.05) is 0 Å². The summed E-state index contributed by atoms with van der Waals surface area (Å²) in [7, 11) is 0. The van der Waals surface area contributed by atoms with Crippen LogP contribution in [0.5, 0.6) is 0 Å². The van der Waals surface area contributed by atoms with Gasteiger partial charge in [-0.25, -0.2) is 0 Å². The minimum Gasteiger partial charge on any atom is -0.166 e. The lowest BCUT2D eigenvalue weighted by Crippen LogP contribution is -2.05. The minimum atomic E-state index is -4.26. The molecule has 0 N–H and O–H groups in total. The Morgan fingerprint density at radius 3 is 2.36 bits per heavy atom. The highest BCUT2D eigenvalue weighted by Crippen LogP contribution is 2.30. The molecule has 0 amide bonds. The predicted octanol–water partition coefficient (Wildman–Crippen LogP) is 4.38. The van der Waals surface area contributed by atoms with E-state index in [2.05, 4.69) is 15.9 Å². The maximum absolute atomic E-state index is 12.3. The summed E-state index contributed by atoms with van der Waals surface area (Å²) in [5.74, 6) is 0. The average molecular weight is 265 g/mol. The van der Waals surface area contributed by atoms with E-state index >= 15 is 0 Å². The molecule has 0 aliphatic carbocycles. The second-order valence-electron chi connectivity index (χ2n) is 2.86. The molecule has 0 spiro atoms. The van der Waals surface area contributed by atoms with Crippen LogP contribution in [0.25, 0.3) is 6.08 Å². The van der Waals surface area contributed by atoms with Gasteiger partial charge in [-0.05, 0) is 41.2 Å². The van der Waals surface area contributed by atoms with Gasteiger partial charge in [0.25, 0.3) is 0 Å². The molecule has 0 fully saturated rings. The quantitative estimate of drug-likeness (QED) is 0.706. The summed E-state index contributed by atoms with van der Waals surface area (Å²) >= 11 is 3.08. The molecule has 1 aromatic carbocycles. The van der Waals surface area contributed by atoms with Crippen LogP contribution in [-0.2, 0) is 6.18 Å². The van der Waals surface area contributed by atoms with E-state index in [1.165, 1.54) is 6.07 Å². The molecule has 0 bridgehead atoms. The molecule has 0 atom stereocenters. The first-order valence-electron chi connectivity index (χ1n) is 3.90. The third kappa shape index (κ3) is 2.61. The summed E-state index contributed by atoms with van der Waals surface area (Å²) in [5.41, 5.74) is 0.770. The fourth-order valence-electron chi connectivity index (χ4n) is 1.11. The zero-order chi connectivity index (χ0) is 10.8. The van der Waals surface area contributed by atoms with Gasteiger partial charge in [0.05, 0.1) is 5.56 Å². The molecule has 14 heavy (non-hydrogen) atoms. The summed E-state index contributed by atoms with van der Waals surface area (Å²) in [6, 6.07) is 3.67. The molecule has 0 saturated heterocycles. The second kappa shape index (κ2) is 4.17. The molecular weight excluding hydrogens is 257 g/mol. The molecule has 0 unspecified atom stereocenters. The first-order chi connectivity index (χ1) is 6.45. The first kappa shape index (κ1) is 11.3. The van der Waals surface area contributed by atoms with Gasteiger partial charge in [-0.2, -0.15) is 13.2 Å². The molecule has 0 aromatic heterocycles. The lowest BCUT2D eigenvalue weighted by atomic mass is 10.1. The Morgan fingerprint density at radius 2 is 1.93 bits per heavy atom. The van der Waals surface area contributed by atoms with Crippen molar-refractivity contribution in [2.45, 2.75) is 13.1 Å². The summed E-state index contributed by atoms with van der Waals surface area (Å²) in [5, 5.41) is 0. The Kier molecular flexibility index (Phi) is 3.37. The number of halogens is 4. The van der Waals surface area contributed by atoms with Crippen LogP contribution in [0.4, 0.5) is 13.2 Å². The van der Waals surface area contributed by atoms with Crippen molar-refractivity contribution in [2.24, 2.45) is 0 Å². The van der Waals surface area contributed by atoms with Crippen molar-refractivity contribution in [3.8, 4) is 0 Å². The normalized spacial score (nSPS) is 12.4. The van der Waals surface area contributed by atoms with Gasteiger partial charge in [0, 0.05) is 0 Å². The number of hydrogen-bond acceptors (Lipinski definition) is 0. The van der Waals surface area contributed by atoms with E-state index in [0.29, 0.717) is 5.56 Å². The zero-order valence-electron chi connectivity index (χ0n) is 7.40. The largest absolute Gasteiger partial charge is 0.416 e. The van der Waals surface area contributed by atoms with Crippen molar-refractivity contribution in [1.29, 1.82) is 0 Å². The van der Waals surface area contributed by atoms with Crippen LogP contribution < -0.4 is 0 Å². The van der Waals surface area contributed by atoms with Gasteiger partial charge in [0.1, 0.15) is 0 Å². The highest BCUT2D eigenvalue weighted by molar-refractivity contribution is 9.11. The Morgan fingerprint density at radius 1 is 1.29 bits per heavy atom. The van der Waals surface area contributed by atoms with Gasteiger partial charge in [0.2, 0.25) is 0 Å². The third-order valence-corrected chi connectivity index (χ3v) is 2.10. The van der Waals surface area contributed by atoms with Crippen LogP contribution in [0.1, 0.15) is 16.7 Å². The van der Waals surface area contributed by atoms with Crippen LogP contribution in [0.15, 0.2) is 23.2 Å². The average Bonchev–Trinajstić information content (AvgIpc) is 2.07. The van der Waals surface area contributed by atoms with Crippen LogP contribution in [0.2, 0.25) is 0 Å². The number of rotatable bonds is 1. The van der Waals surface area contributed by atoms with Gasteiger partial charge < -0.3 is 0 Å². The van der Waals surface area contributed by atoms with Crippen molar-refractivity contribution >= 4 is 22.0 Å². The number of benzene rings is 1. The van der Waals surface area contributed by atoms with E-state index in [9.17, 15) is 13.2 Å². The van der Waals surface area contributed by atoms with Crippen molar-refractivity contribution in [1.82, 2.24) is 0 Å². The van der Waals surface area contributed by atoms with Crippen molar-refractivity contribution < 1.29 is 13.2 Å². The molecule has 0 radical (unpaired) electrons. The standard InChI is InChI=1S/C10H8BrF3/c1-7-6-9(10(12,13)14)3-2-8(7)4-5-11/h2-6H,1H3/b5-4+. The molecule has 0 aliphatic rings. The second-order valence-corrected chi connectivity index (χ2v) is 3.39. The lowest BCUT2D eigenvalue weighted by Gasteiger charge is -2.08. The minimum absolute atomic E-state index is 0.607. The van der Waals surface area contributed by atoms with Gasteiger partial charge in [-0.15, -0.1) is 0 Å². The van der Waals surface area contributed by atoms with E-state index in [0.717, 1.165) is 17.7 Å². The molecule has 0 aliphatic heterocycles. The number of alkyl halides is 3. The molecule has 0 saturated carbocycles. The van der Waals surface area contributed by atoms with E-state index in [4.69, 9.17) is 0 Å². The van der Waals surface area contributed by atoms with E-state index < -0.39 is 11.7 Å². The Bertz CT molecular complexity index is 353. The molecule has 1 rings (SSSR count). The van der Waals surface area contributed by atoms with E-state index in [-0.39, 0.29) is 0 Å². The Balaban J connectivity index is 3.13. The third-order valence-electron chi connectivity index (χ3n) is 1.84. The van der Waals surface area contributed by atoms with Crippen molar-refractivity contribution in [3.63, 3.8) is 0 Å². The monoisotopic (exact) mass is 264 g/mol. The van der Waals surface area contributed by atoms with Gasteiger partial charge in [0.15, 0.2) is 0 Å². The van der Waals surface area contributed by atoms with Gasteiger partial charge in [-0.3, -0.25) is 0 Å². The maximum Gasteiger partial charge on any atom is 0.416 e. The Labute approximate surface area is 88.6 Å². The molecule has 76 valence electrons. The lowest BCUT2D eigenvalue weighted by molar-refractivity contribution is -0.137. The van der Waals surface area contributed by atoms with Crippen LogP contribution in [0, 0.1) is 6.92 Å². The van der Waals surface area contributed by atoms with E-state index in [1.54, 1.807) is 18.0 Å². The highest BCUT2D eigenvalue weighted by atomic mass is 79.9. The predicted molar refractivity (Wildman–Crippen MR) is 54.1 cm³/mol. The Hall–Kier alpha value is -0.770. The molecule has 0 nitrogen and oxygen atoms in total. The topological polar surface area (TPSA) is 0 Å². The fourth-order valence-corrected chi connectivity index (χ4v) is 1.39. The summed E-state index contributed by atoms with van der Waals surface area (Å²) in [6.07, 6.45) is -2.56. The summed E-state index contributed by atoms with van der Waals surface area (Å²) in [6.45, 7) is 1.65. The molecule has 0 heterocycles. The molecule has 4 heteroatoms. The molecular formula is C10H8BrF3. The maximum atomic E-state index is 12.3. The van der Waals surface area contributed by atoms with Crippen LogP contribution in [0.3, 0.4) is 0 Å². The van der Waals surface area contributed by atoms with Crippen LogP contribution >= 0.6 is 15.9 Å². The summed E-state index contributed by atoms with van der Waals surface area (Å²) < 4.78 is 36.8. The van der Waals surface area contributed by atoms with Crippen molar-refractivity contribution in [2.75, 3.05) is 0 Å². The van der Waals surface area contributed by atoms with Crippen molar-refractivity contribution in [3.05, 3.63) is 39.9 Å². The SMILES string of the molecule is Cc1cc(C(F)(F)F)ccc1/C=C/Br. The zero-order valence-corrected chi connectivity index (χ0v) is 8.98. The smallest absolute Gasteiger partial charge is 0.166 e. The molecule has 1 aromatic rings. The van der Waals surface area contributed by atoms with Crippen LogP contribution in [-0.4, -0.2) is 0 Å². The first-order valence-corrected chi connectivity index (χ1v) is 4.81.